The Kier molecular flexibility index (Phi) is 6.53. The van der Waals surface area contributed by atoms with Gasteiger partial charge in [-0.2, -0.15) is 0 Å². The van der Waals surface area contributed by atoms with E-state index in [4.69, 9.17) is 5.73 Å². The molecule has 0 spiro atoms. The average molecular weight is 437 g/mol. The van der Waals surface area contributed by atoms with Crippen LogP contribution in [0.4, 0.5) is 11.4 Å². The molecule has 24 heavy (non-hydrogen) atoms. The van der Waals surface area contributed by atoms with E-state index in [0.29, 0.717) is 5.69 Å². The molecular weight excluding hydrogens is 417 g/mol. The molecule has 1 aliphatic carbocycles. The number of aliphatic imine (C=N–C) groups is 1. The number of aryl methyl sites for hydroxylation is 2. The van der Waals surface area contributed by atoms with Gasteiger partial charge in [-0.05, 0) is 54.7 Å². The van der Waals surface area contributed by atoms with Crippen molar-refractivity contribution in [1.82, 2.24) is 4.98 Å². The lowest BCUT2D eigenvalue weighted by molar-refractivity contribution is -0.114. The molecule has 0 saturated carbocycles. The molecule has 1 aromatic heterocycles. The van der Waals surface area contributed by atoms with Gasteiger partial charge in [-0.3, -0.25) is 9.78 Å². The number of benzene rings is 1. The zero-order chi connectivity index (χ0) is 16.1. The minimum Gasteiger partial charge on any atom is -0.370 e. The number of hydrogen-bond donors (Lipinski definition) is 3. The summed E-state index contributed by atoms with van der Waals surface area (Å²) in [7, 11) is 0. The van der Waals surface area contributed by atoms with E-state index in [2.05, 4.69) is 32.7 Å². The maximum Gasteiger partial charge on any atom is 0.246 e. The van der Waals surface area contributed by atoms with Crippen LogP contribution in [0.15, 0.2) is 47.7 Å². The third-order valence-corrected chi connectivity index (χ3v) is 3.71. The number of nitrogens with two attached hydrogens (primary N) is 1. The minimum absolute atomic E-state index is 0. The average Bonchev–Trinajstić information content (AvgIpc) is 3.01. The van der Waals surface area contributed by atoms with Crippen LogP contribution in [0, 0.1) is 0 Å². The fourth-order valence-electron chi connectivity index (χ4n) is 2.63. The second-order valence-electron chi connectivity index (χ2n) is 5.45. The van der Waals surface area contributed by atoms with E-state index in [-0.39, 0.29) is 42.4 Å². The maximum absolute atomic E-state index is 11.8. The van der Waals surface area contributed by atoms with Gasteiger partial charge in [0, 0.05) is 11.9 Å². The third kappa shape index (κ3) is 4.92. The molecule has 0 bridgehead atoms. The largest absolute Gasteiger partial charge is 0.370 e. The van der Waals surface area contributed by atoms with E-state index >= 15 is 0 Å². The third-order valence-electron chi connectivity index (χ3n) is 3.71. The maximum atomic E-state index is 11.8. The second kappa shape index (κ2) is 8.62. The molecule has 0 fully saturated rings. The second-order valence-corrected chi connectivity index (χ2v) is 5.45. The van der Waals surface area contributed by atoms with Gasteiger partial charge in [0.05, 0.1) is 11.9 Å². The first-order valence-corrected chi connectivity index (χ1v) is 7.59. The molecule has 0 aliphatic heterocycles. The van der Waals surface area contributed by atoms with Gasteiger partial charge in [0.15, 0.2) is 5.96 Å². The first-order valence-electron chi connectivity index (χ1n) is 7.59. The van der Waals surface area contributed by atoms with Gasteiger partial charge in [-0.25, -0.2) is 4.99 Å². The molecule has 1 aliphatic rings. The van der Waals surface area contributed by atoms with Gasteiger partial charge in [0.1, 0.15) is 6.54 Å². The number of halogens is 1. The van der Waals surface area contributed by atoms with Crippen LogP contribution >= 0.6 is 24.0 Å². The van der Waals surface area contributed by atoms with Crippen molar-refractivity contribution in [2.75, 3.05) is 17.2 Å². The number of carbonyl (C=O) groups excluding carboxylic acids is 1. The predicted molar refractivity (Wildman–Crippen MR) is 107 cm³/mol. The summed E-state index contributed by atoms with van der Waals surface area (Å²) in [5.74, 6) is -0.0130. The number of nitrogens with zero attached hydrogens (tertiary/aromatic N) is 2. The Morgan fingerprint density at radius 1 is 1.17 bits per heavy atom. The Hall–Kier alpha value is -2.16. The summed E-state index contributed by atoms with van der Waals surface area (Å²) in [6.07, 6.45) is 6.68. The number of nitrogens with one attached hydrogen (secondary N) is 2. The van der Waals surface area contributed by atoms with Crippen LogP contribution in [-0.4, -0.2) is 23.4 Å². The number of aromatic nitrogens is 1. The van der Waals surface area contributed by atoms with Gasteiger partial charge >= 0.3 is 0 Å². The molecule has 0 saturated heterocycles. The topological polar surface area (TPSA) is 92.4 Å². The van der Waals surface area contributed by atoms with Crippen molar-refractivity contribution in [2.45, 2.75) is 19.3 Å². The molecule has 1 aromatic carbocycles. The van der Waals surface area contributed by atoms with Gasteiger partial charge in [-0.1, -0.05) is 6.07 Å². The van der Waals surface area contributed by atoms with Crippen molar-refractivity contribution < 1.29 is 4.79 Å². The van der Waals surface area contributed by atoms with E-state index < -0.39 is 0 Å². The lowest BCUT2D eigenvalue weighted by Crippen LogP contribution is -2.25. The van der Waals surface area contributed by atoms with E-state index in [1.807, 2.05) is 6.07 Å². The predicted octanol–water partition coefficient (Wildman–Crippen LogP) is 2.55. The van der Waals surface area contributed by atoms with Crippen LogP contribution in [0.3, 0.4) is 0 Å². The molecule has 0 unspecified atom stereocenters. The van der Waals surface area contributed by atoms with Crippen molar-refractivity contribution in [3.8, 4) is 0 Å². The van der Waals surface area contributed by atoms with Crippen molar-refractivity contribution in [3.63, 3.8) is 0 Å². The number of hydrogen-bond acceptors (Lipinski definition) is 3. The number of carbonyl (C=O) groups is 1. The fraction of sp³-hybridized carbons (Fsp3) is 0.235. The SMILES string of the molecule is I.NC(=NCC(=O)Nc1cccnc1)Nc1ccc2c(c1)CCC2. The summed E-state index contributed by atoms with van der Waals surface area (Å²) < 4.78 is 0. The van der Waals surface area contributed by atoms with Crippen LogP contribution in [-0.2, 0) is 17.6 Å². The minimum atomic E-state index is -0.239. The van der Waals surface area contributed by atoms with Crippen molar-refractivity contribution in [1.29, 1.82) is 0 Å². The summed E-state index contributed by atoms with van der Waals surface area (Å²) >= 11 is 0. The normalized spacial score (nSPS) is 12.9. The van der Waals surface area contributed by atoms with Crippen LogP contribution < -0.4 is 16.4 Å². The molecule has 7 heteroatoms. The van der Waals surface area contributed by atoms with Gasteiger partial charge in [0.2, 0.25) is 5.91 Å². The number of anilines is 2. The van der Waals surface area contributed by atoms with Gasteiger partial charge < -0.3 is 16.4 Å². The zero-order valence-electron chi connectivity index (χ0n) is 13.2. The Morgan fingerprint density at radius 2 is 2.00 bits per heavy atom. The monoisotopic (exact) mass is 437 g/mol. The van der Waals surface area contributed by atoms with Gasteiger partial charge in [-0.15, -0.1) is 24.0 Å². The van der Waals surface area contributed by atoms with E-state index in [0.717, 1.165) is 18.5 Å². The van der Waals surface area contributed by atoms with Crippen LogP contribution in [0.25, 0.3) is 0 Å². The number of guanidine groups is 1. The van der Waals surface area contributed by atoms with Gasteiger partial charge in [0.25, 0.3) is 0 Å². The number of amides is 1. The number of pyridine rings is 1. The lowest BCUT2D eigenvalue weighted by Gasteiger charge is -2.08. The standard InChI is InChI=1S/C17H19N5O.HI/c18-17(20-11-16(23)21-15-5-2-8-19-10-15)22-14-7-6-12-3-1-4-13(12)9-14;/h2,5-10H,1,3-4,11H2,(H,21,23)(H3,18,20,22);1H. The highest BCUT2D eigenvalue weighted by Gasteiger charge is 2.11. The molecule has 126 valence electrons. The molecular formula is C17H20IN5O. The molecule has 1 amide bonds. The molecule has 2 aromatic rings. The van der Waals surface area contributed by atoms with E-state index in [1.165, 1.54) is 17.5 Å². The molecule has 3 rings (SSSR count). The summed E-state index contributed by atoms with van der Waals surface area (Å²) in [6.45, 7) is -0.0430. The van der Waals surface area contributed by atoms with Crippen LogP contribution in [0.2, 0.25) is 0 Å². The summed E-state index contributed by atoms with van der Waals surface area (Å²) in [6, 6.07) is 9.72. The van der Waals surface area contributed by atoms with Crippen LogP contribution in [0.5, 0.6) is 0 Å². The van der Waals surface area contributed by atoms with Crippen molar-refractivity contribution >= 4 is 47.2 Å². The molecule has 0 radical (unpaired) electrons. The Morgan fingerprint density at radius 3 is 2.79 bits per heavy atom. The summed E-state index contributed by atoms with van der Waals surface area (Å²) in [5, 5.41) is 5.73. The smallest absolute Gasteiger partial charge is 0.246 e. The highest BCUT2D eigenvalue weighted by molar-refractivity contribution is 14.0. The quantitative estimate of drug-likeness (QED) is 0.390. The number of fused-ring (bicyclic) bond motifs is 1. The Bertz CT molecular complexity index is 733. The highest BCUT2D eigenvalue weighted by Crippen LogP contribution is 2.24. The first-order chi connectivity index (χ1) is 11.2. The summed E-state index contributed by atoms with van der Waals surface area (Å²) in [5.41, 5.74) is 10.1. The first kappa shape index (κ1) is 18.2. The molecule has 0 atom stereocenters. The van der Waals surface area contributed by atoms with E-state index in [1.54, 1.807) is 24.5 Å². The fourth-order valence-corrected chi connectivity index (χ4v) is 2.63. The zero-order valence-corrected chi connectivity index (χ0v) is 15.5. The van der Waals surface area contributed by atoms with E-state index in [9.17, 15) is 4.79 Å². The van der Waals surface area contributed by atoms with Crippen LogP contribution in [0.1, 0.15) is 17.5 Å². The number of rotatable bonds is 4. The summed E-state index contributed by atoms with van der Waals surface area (Å²) in [4.78, 5) is 19.8. The van der Waals surface area contributed by atoms with Crippen molar-refractivity contribution in [2.24, 2.45) is 10.7 Å². The van der Waals surface area contributed by atoms with Crippen molar-refractivity contribution in [3.05, 3.63) is 53.9 Å². The Labute approximate surface area is 158 Å². The highest BCUT2D eigenvalue weighted by atomic mass is 127. The molecule has 4 N–H and O–H groups in total. The molecule has 6 nitrogen and oxygen atoms in total. The molecule has 1 heterocycles. The Balaban J connectivity index is 0.00000208. The lowest BCUT2D eigenvalue weighted by atomic mass is 10.1.